The molecule has 0 aromatic rings. The number of unbranched alkanes of at least 4 members (excludes halogenated alkanes) is 12. The van der Waals surface area contributed by atoms with Gasteiger partial charge in [-0.3, -0.25) is 0 Å². The van der Waals surface area contributed by atoms with E-state index in [0.717, 1.165) is 77.0 Å². The molecule has 4 atom stereocenters. The van der Waals surface area contributed by atoms with Gasteiger partial charge in [0.25, 0.3) is 0 Å². The molecule has 4 unspecified atom stereocenters. The fraction of sp³-hybridized carbons (Fsp3) is 1.00. The van der Waals surface area contributed by atoms with E-state index in [9.17, 15) is 18.3 Å². The summed E-state index contributed by atoms with van der Waals surface area (Å²) >= 11 is -5.83. The zero-order valence-corrected chi connectivity index (χ0v) is 37.0. The summed E-state index contributed by atoms with van der Waals surface area (Å²) in [5.74, 6) is 0. The summed E-state index contributed by atoms with van der Waals surface area (Å²) in [4.78, 5) is 0. The van der Waals surface area contributed by atoms with E-state index in [0.29, 0.717) is 50.3 Å². The first kappa shape index (κ1) is 46.6. The van der Waals surface area contributed by atoms with E-state index in [4.69, 9.17) is 11.4 Å². The molecular weight excluding hydrogens is 755 g/mol. The van der Waals surface area contributed by atoms with E-state index < -0.39 is 49.5 Å². The van der Waals surface area contributed by atoms with Crippen molar-refractivity contribution in [1.82, 2.24) is 0 Å². The van der Waals surface area contributed by atoms with Crippen molar-refractivity contribution >= 4 is 49.5 Å². The Balaban J connectivity index is 7.01. The van der Waals surface area contributed by atoms with Crippen molar-refractivity contribution in [2.45, 2.75) is 158 Å². The van der Waals surface area contributed by atoms with E-state index in [1.807, 2.05) is 27.7 Å². The van der Waals surface area contributed by atoms with E-state index in [1.165, 1.54) is 0 Å². The second-order valence-electron chi connectivity index (χ2n) is 12.5. The van der Waals surface area contributed by atoms with E-state index in [2.05, 4.69) is 27.7 Å². The number of hydrogen-bond donors (Lipinski definition) is 0. The molecule has 0 aromatic carbocycles. The molecule has 0 saturated heterocycles. The first-order valence-electron chi connectivity index (χ1n) is 18.5. The van der Waals surface area contributed by atoms with Gasteiger partial charge >= 0.3 is 287 Å². The van der Waals surface area contributed by atoms with Crippen molar-refractivity contribution in [3.05, 3.63) is 0 Å². The van der Waals surface area contributed by atoms with Crippen molar-refractivity contribution in [3.63, 3.8) is 0 Å². The molecule has 0 saturated carbocycles. The molecule has 0 aliphatic heterocycles. The quantitative estimate of drug-likeness (QED) is 0.0375. The number of rotatable bonds is 32. The van der Waals surface area contributed by atoms with Crippen molar-refractivity contribution in [2.24, 2.45) is 0 Å². The average Bonchev–Trinajstić information content (AvgIpc) is 3.02. The zero-order chi connectivity index (χ0) is 34.3. The SMILES string of the molecule is CCCCCCP(=O)(CC)[O][Sn]([O]P(=O)(CC)CCCCCC)([O]P(=O)(CC)CCCCCC)[O]P(=O)(CC)CCCCCC. The summed E-state index contributed by atoms with van der Waals surface area (Å²) in [6, 6.07) is 0. The van der Waals surface area contributed by atoms with Crippen LogP contribution in [0.15, 0.2) is 0 Å². The standard InChI is InChI=1S/4C8H19O2P.Sn/c4*1-3-5-6-7-8-11(9,10)4-2;/h4*3-8H2,1-2H3,(H,9,10);/q;;;;+4/p-4. The Kier molecular flexibility index (Phi) is 26.4. The molecule has 13 heteroatoms. The van der Waals surface area contributed by atoms with Gasteiger partial charge in [-0.15, -0.1) is 0 Å². The normalized spacial score (nSPS) is 18.8. The van der Waals surface area contributed by atoms with Crippen LogP contribution in [0, 0.1) is 0 Å². The zero-order valence-electron chi connectivity index (χ0n) is 30.5. The van der Waals surface area contributed by atoms with Crippen molar-refractivity contribution in [1.29, 1.82) is 0 Å². The van der Waals surface area contributed by atoms with Gasteiger partial charge in [0.05, 0.1) is 0 Å². The molecule has 0 radical (unpaired) electrons. The summed E-state index contributed by atoms with van der Waals surface area (Å²) in [5.41, 5.74) is 0. The molecule has 0 fully saturated rings. The average molecular weight is 828 g/mol. The van der Waals surface area contributed by atoms with E-state index >= 15 is 0 Å². The van der Waals surface area contributed by atoms with Crippen molar-refractivity contribution in [3.8, 4) is 0 Å². The molecule has 45 heavy (non-hydrogen) atoms. The molecule has 0 aromatic heterocycles. The van der Waals surface area contributed by atoms with Gasteiger partial charge in [0.2, 0.25) is 0 Å². The Morgan fingerprint density at radius 2 is 0.533 bits per heavy atom. The van der Waals surface area contributed by atoms with Gasteiger partial charge < -0.3 is 0 Å². The summed E-state index contributed by atoms with van der Waals surface area (Å²) < 4.78 is 84.5. The molecule has 272 valence electrons. The van der Waals surface area contributed by atoms with E-state index in [1.54, 1.807) is 0 Å². The van der Waals surface area contributed by atoms with Gasteiger partial charge in [-0.2, -0.15) is 0 Å². The monoisotopic (exact) mass is 828 g/mol. The Morgan fingerprint density at radius 3 is 0.689 bits per heavy atom. The third-order valence-electron chi connectivity index (χ3n) is 8.45. The van der Waals surface area contributed by atoms with E-state index in [-0.39, 0.29) is 24.6 Å². The predicted octanol–water partition coefficient (Wildman–Crippen LogP) is 13.0. The van der Waals surface area contributed by atoms with Crippen LogP contribution in [0.25, 0.3) is 0 Å². The van der Waals surface area contributed by atoms with Crippen LogP contribution in [-0.4, -0.2) is 69.3 Å². The third kappa shape index (κ3) is 20.1. The fourth-order valence-corrected chi connectivity index (χ4v) is 39.1. The van der Waals surface area contributed by atoms with Crippen LogP contribution in [0.3, 0.4) is 0 Å². The molecule has 0 aliphatic rings. The molecule has 8 nitrogen and oxygen atoms in total. The second kappa shape index (κ2) is 25.5. The summed E-state index contributed by atoms with van der Waals surface area (Å²) in [7, 11) is -13.6. The van der Waals surface area contributed by atoms with Crippen LogP contribution >= 0.6 is 29.5 Å². The Hall–Kier alpha value is 1.56. The maximum atomic E-state index is 14.5. The van der Waals surface area contributed by atoms with Crippen molar-refractivity contribution < 1.29 is 29.7 Å². The summed E-state index contributed by atoms with van der Waals surface area (Å²) in [6.45, 7) is 15.8. The third-order valence-corrected chi connectivity index (χ3v) is 37.6. The Labute approximate surface area is 285 Å². The molecule has 0 rings (SSSR count). The van der Waals surface area contributed by atoms with Crippen LogP contribution in [0.1, 0.15) is 158 Å². The van der Waals surface area contributed by atoms with Crippen LogP contribution in [0.2, 0.25) is 0 Å². The Morgan fingerprint density at radius 1 is 0.333 bits per heavy atom. The first-order chi connectivity index (χ1) is 21.3. The van der Waals surface area contributed by atoms with Gasteiger partial charge in [0.15, 0.2) is 0 Å². The topological polar surface area (TPSA) is 105 Å². The second-order valence-corrected chi connectivity index (χ2v) is 33.2. The predicted molar refractivity (Wildman–Crippen MR) is 199 cm³/mol. The molecule has 0 heterocycles. The van der Waals surface area contributed by atoms with Gasteiger partial charge in [-0.05, 0) is 0 Å². The van der Waals surface area contributed by atoms with Gasteiger partial charge in [-0.25, -0.2) is 0 Å². The van der Waals surface area contributed by atoms with Crippen LogP contribution in [0.5, 0.6) is 0 Å². The fourth-order valence-electron chi connectivity index (χ4n) is 5.11. The van der Waals surface area contributed by atoms with Crippen LogP contribution < -0.4 is 0 Å². The molecule has 0 aliphatic carbocycles. The first-order valence-corrected chi connectivity index (χ1v) is 31.1. The van der Waals surface area contributed by atoms with Crippen LogP contribution in [-0.2, 0) is 29.7 Å². The van der Waals surface area contributed by atoms with Crippen molar-refractivity contribution in [2.75, 3.05) is 49.3 Å². The minimum absolute atomic E-state index is 0.223. The molecule has 0 N–H and O–H groups in total. The number of hydrogen-bond acceptors (Lipinski definition) is 8. The maximum absolute atomic E-state index is 14.5. The summed E-state index contributed by atoms with van der Waals surface area (Å²) in [5, 5.41) is 0. The Bertz CT molecular complexity index is 799. The van der Waals surface area contributed by atoms with Crippen LogP contribution in [0.4, 0.5) is 0 Å². The molecule has 0 bridgehead atoms. The van der Waals surface area contributed by atoms with Gasteiger partial charge in [0.1, 0.15) is 0 Å². The molecular formula is C32H72O8P4Sn. The minimum atomic E-state index is -5.83. The molecule has 0 spiro atoms. The summed E-state index contributed by atoms with van der Waals surface area (Å²) in [6.07, 6.45) is 16.9. The van der Waals surface area contributed by atoms with Gasteiger partial charge in [-0.1, -0.05) is 0 Å². The molecule has 0 amide bonds. The van der Waals surface area contributed by atoms with Gasteiger partial charge in [0, 0.05) is 0 Å².